The third-order valence-electron chi connectivity index (χ3n) is 3.14. The molecular formula is C14H18FNO2. The third kappa shape index (κ3) is 4.11. The molecule has 98 valence electrons. The highest BCUT2D eigenvalue weighted by Crippen LogP contribution is 2.08. The van der Waals surface area contributed by atoms with Crippen molar-refractivity contribution in [2.75, 3.05) is 13.2 Å². The van der Waals surface area contributed by atoms with E-state index in [0.29, 0.717) is 12.8 Å². The molecule has 1 fully saturated rings. The summed E-state index contributed by atoms with van der Waals surface area (Å²) in [5.74, 6) is -0.184. The Kier molecular flexibility index (Phi) is 4.70. The quantitative estimate of drug-likeness (QED) is 0.889. The lowest BCUT2D eigenvalue weighted by atomic mass is 10.1. The van der Waals surface area contributed by atoms with Gasteiger partial charge in [-0.3, -0.25) is 4.79 Å². The molecule has 0 aliphatic carbocycles. The summed E-state index contributed by atoms with van der Waals surface area (Å²) in [5.41, 5.74) is 0.985. The van der Waals surface area contributed by atoms with Gasteiger partial charge in [-0.25, -0.2) is 4.39 Å². The fourth-order valence-corrected chi connectivity index (χ4v) is 2.05. The van der Waals surface area contributed by atoms with Crippen molar-refractivity contribution in [3.05, 3.63) is 35.6 Å². The minimum Gasteiger partial charge on any atom is -0.381 e. The normalized spacial score (nSPS) is 16.5. The van der Waals surface area contributed by atoms with Gasteiger partial charge in [0.1, 0.15) is 5.82 Å². The number of ether oxygens (including phenoxy) is 1. The zero-order chi connectivity index (χ0) is 12.8. The summed E-state index contributed by atoms with van der Waals surface area (Å²) in [5, 5.41) is 3.01. The maximum atomic E-state index is 12.7. The van der Waals surface area contributed by atoms with E-state index in [9.17, 15) is 9.18 Å². The first-order valence-corrected chi connectivity index (χ1v) is 6.35. The zero-order valence-corrected chi connectivity index (χ0v) is 10.3. The molecule has 2 rings (SSSR count). The Morgan fingerprint density at radius 3 is 2.61 bits per heavy atom. The molecule has 4 heteroatoms. The summed E-state index contributed by atoms with van der Waals surface area (Å²) < 4.78 is 17.9. The van der Waals surface area contributed by atoms with Crippen LogP contribution in [0.25, 0.3) is 0 Å². The van der Waals surface area contributed by atoms with E-state index in [1.54, 1.807) is 12.1 Å². The molecule has 0 radical (unpaired) electrons. The second-order valence-electron chi connectivity index (χ2n) is 4.58. The molecule has 1 aliphatic heterocycles. The largest absolute Gasteiger partial charge is 0.381 e. The lowest BCUT2D eigenvalue weighted by molar-refractivity contribution is -0.122. The third-order valence-corrected chi connectivity index (χ3v) is 3.14. The first kappa shape index (κ1) is 13.0. The van der Waals surface area contributed by atoms with Gasteiger partial charge >= 0.3 is 0 Å². The van der Waals surface area contributed by atoms with Crippen molar-refractivity contribution in [2.45, 2.75) is 31.7 Å². The van der Waals surface area contributed by atoms with Gasteiger partial charge in [-0.05, 0) is 37.0 Å². The molecular weight excluding hydrogens is 233 g/mol. The number of amides is 1. The predicted molar refractivity (Wildman–Crippen MR) is 66.7 cm³/mol. The molecule has 1 aliphatic rings. The minimum atomic E-state index is -0.245. The number of carbonyl (C=O) groups is 1. The molecule has 0 spiro atoms. The van der Waals surface area contributed by atoms with Crippen molar-refractivity contribution in [3.8, 4) is 0 Å². The van der Waals surface area contributed by atoms with Crippen LogP contribution in [0.5, 0.6) is 0 Å². The average molecular weight is 251 g/mol. The van der Waals surface area contributed by atoms with Crippen LogP contribution in [0.3, 0.4) is 0 Å². The average Bonchev–Trinajstić information content (AvgIpc) is 2.39. The van der Waals surface area contributed by atoms with Crippen LogP contribution in [0, 0.1) is 5.82 Å². The van der Waals surface area contributed by atoms with E-state index in [2.05, 4.69) is 5.32 Å². The smallest absolute Gasteiger partial charge is 0.220 e. The highest BCUT2D eigenvalue weighted by Gasteiger charge is 2.15. The molecule has 1 heterocycles. The minimum absolute atomic E-state index is 0.0613. The van der Waals surface area contributed by atoms with Crippen LogP contribution >= 0.6 is 0 Å². The summed E-state index contributed by atoms with van der Waals surface area (Å²) in [6.07, 6.45) is 2.88. The van der Waals surface area contributed by atoms with Gasteiger partial charge in [-0.2, -0.15) is 0 Å². The Morgan fingerprint density at radius 1 is 1.28 bits per heavy atom. The Morgan fingerprint density at radius 2 is 1.94 bits per heavy atom. The maximum Gasteiger partial charge on any atom is 0.220 e. The van der Waals surface area contributed by atoms with Gasteiger partial charge in [0.2, 0.25) is 5.91 Å². The molecule has 0 atom stereocenters. The topological polar surface area (TPSA) is 38.3 Å². The molecule has 0 unspecified atom stereocenters. The fourth-order valence-electron chi connectivity index (χ4n) is 2.05. The Bertz CT molecular complexity index is 385. The molecule has 0 saturated carbocycles. The number of carbonyl (C=O) groups excluding carboxylic acids is 1. The zero-order valence-electron chi connectivity index (χ0n) is 10.3. The van der Waals surface area contributed by atoms with Crippen LogP contribution in [0.1, 0.15) is 24.8 Å². The van der Waals surface area contributed by atoms with Gasteiger partial charge in [0.05, 0.1) is 0 Å². The van der Waals surface area contributed by atoms with Crippen molar-refractivity contribution >= 4 is 5.91 Å². The number of benzene rings is 1. The Hall–Kier alpha value is -1.42. The van der Waals surface area contributed by atoms with Crippen LogP contribution in [-0.4, -0.2) is 25.2 Å². The van der Waals surface area contributed by atoms with E-state index in [-0.39, 0.29) is 17.8 Å². The lowest BCUT2D eigenvalue weighted by Crippen LogP contribution is -2.38. The number of halogens is 1. The first-order valence-electron chi connectivity index (χ1n) is 6.35. The number of rotatable bonds is 4. The van der Waals surface area contributed by atoms with E-state index in [4.69, 9.17) is 4.74 Å². The summed E-state index contributed by atoms with van der Waals surface area (Å²) in [6.45, 7) is 1.45. The summed E-state index contributed by atoms with van der Waals surface area (Å²) >= 11 is 0. The molecule has 1 amide bonds. The van der Waals surface area contributed by atoms with Crippen molar-refractivity contribution in [1.29, 1.82) is 0 Å². The number of hydrogen-bond donors (Lipinski definition) is 1. The molecule has 0 bridgehead atoms. The van der Waals surface area contributed by atoms with Crippen LogP contribution in [0.4, 0.5) is 4.39 Å². The predicted octanol–water partition coefficient (Wildman–Crippen LogP) is 2.05. The monoisotopic (exact) mass is 251 g/mol. The summed E-state index contributed by atoms with van der Waals surface area (Å²) in [4.78, 5) is 11.7. The second kappa shape index (κ2) is 6.50. The van der Waals surface area contributed by atoms with Crippen LogP contribution in [0.15, 0.2) is 24.3 Å². The molecule has 1 aromatic rings. The SMILES string of the molecule is O=C(CCc1ccc(F)cc1)NC1CCOCC1. The van der Waals surface area contributed by atoms with Gasteiger partial charge in [0.25, 0.3) is 0 Å². The van der Waals surface area contributed by atoms with Crippen LogP contribution in [-0.2, 0) is 16.0 Å². The van der Waals surface area contributed by atoms with Crippen molar-refractivity contribution in [1.82, 2.24) is 5.32 Å². The Balaban J connectivity index is 1.72. The van der Waals surface area contributed by atoms with Gasteiger partial charge in [-0.1, -0.05) is 12.1 Å². The van der Waals surface area contributed by atoms with Gasteiger partial charge in [0.15, 0.2) is 0 Å². The molecule has 3 nitrogen and oxygen atoms in total. The number of hydrogen-bond acceptors (Lipinski definition) is 2. The number of nitrogens with one attached hydrogen (secondary N) is 1. The summed E-state index contributed by atoms with van der Waals surface area (Å²) in [7, 11) is 0. The molecule has 1 saturated heterocycles. The van der Waals surface area contributed by atoms with Gasteiger partial charge < -0.3 is 10.1 Å². The van der Waals surface area contributed by atoms with Crippen molar-refractivity contribution in [3.63, 3.8) is 0 Å². The van der Waals surface area contributed by atoms with Gasteiger partial charge in [-0.15, -0.1) is 0 Å². The molecule has 1 N–H and O–H groups in total. The van der Waals surface area contributed by atoms with Crippen LogP contribution in [0.2, 0.25) is 0 Å². The highest BCUT2D eigenvalue weighted by molar-refractivity contribution is 5.76. The van der Waals surface area contributed by atoms with E-state index in [1.165, 1.54) is 12.1 Å². The first-order chi connectivity index (χ1) is 8.74. The van der Waals surface area contributed by atoms with Crippen molar-refractivity contribution in [2.24, 2.45) is 0 Å². The van der Waals surface area contributed by atoms with Crippen LogP contribution < -0.4 is 5.32 Å². The number of aryl methyl sites for hydroxylation is 1. The maximum absolute atomic E-state index is 12.7. The van der Waals surface area contributed by atoms with E-state index >= 15 is 0 Å². The van der Waals surface area contributed by atoms with E-state index in [0.717, 1.165) is 31.6 Å². The summed E-state index contributed by atoms with van der Waals surface area (Å²) in [6, 6.07) is 6.53. The van der Waals surface area contributed by atoms with Crippen molar-refractivity contribution < 1.29 is 13.9 Å². The lowest BCUT2D eigenvalue weighted by Gasteiger charge is -2.23. The van der Waals surface area contributed by atoms with E-state index in [1.807, 2.05) is 0 Å². The Labute approximate surface area is 106 Å². The second-order valence-corrected chi connectivity index (χ2v) is 4.58. The molecule has 1 aromatic carbocycles. The fraction of sp³-hybridized carbons (Fsp3) is 0.500. The molecule has 18 heavy (non-hydrogen) atoms. The highest BCUT2D eigenvalue weighted by atomic mass is 19.1. The van der Waals surface area contributed by atoms with Gasteiger partial charge in [0, 0.05) is 25.7 Å². The van der Waals surface area contributed by atoms with E-state index < -0.39 is 0 Å². The molecule has 0 aromatic heterocycles. The standard InChI is InChI=1S/C14H18FNO2/c15-12-4-1-11(2-5-12)3-6-14(17)16-13-7-9-18-10-8-13/h1-2,4-5,13H,3,6-10H2,(H,16,17).